The van der Waals surface area contributed by atoms with Gasteiger partial charge in [-0.25, -0.2) is 17.9 Å². The lowest BCUT2D eigenvalue weighted by atomic mass is 10.1. The molecule has 0 aliphatic carbocycles. The van der Waals surface area contributed by atoms with Crippen molar-refractivity contribution in [2.24, 2.45) is 0 Å². The highest BCUT2D eigenvalue weighted by Crippen LogP contribution is 2.26. The molecule has 0 aliphatic heterocycles. The third-order valence-corrected chi connectivity index (χ3v) is 6.24. The average Bonchev–Trinajstić information content (AvgIpc) is 2.87. The molecule has 0 saturated carbocycles. The summed E-state index contributed by atoms with van der Waals surface area (Å²) >= 11 is 0. The molecule has 0 fully saturated rings. The zero-order valence-electron chi connectivity index (χ0n) is 21.2. The molecule has 0 unspecified atom stereocenters. The highest BCUT2D eigenvalue weighted by molar-refractivity contribution is 7.90. The maximum absolute atomic E-state index is 12.8. The van der Waals surface area contributed by atoms with E-state index in [0.717, 1.165) is 0 Å². The smallest absolute Gasteiger partial charge is 0.421 e. The number of ether oxygens (including phenoxy) is 5. The van der Waals surface area contributed by atoms with Crippen LogP contribution in [0, 0.1) is 0 Å². The van der Waals surface area contributed by atoms with Crippen LogP contribution in [0.25, 0.3) is 6.08 Å². The monoisotopic (exact) mass is 536 g/mol. The summed E-state index contributed by atoms with van der Waals surface area (Å²) in [5.74, 6) is 0.904. The molecule has 0 atom stereocenters. The molecule has 0 aromatic heterocycles. The van der Waals surface area contributed by atoms with Crippen LogP contribution in [0.5, 0.6) is 17.2 Å². The summed E-state index contributed by atoms with van der Waals surface area (Å²) in [6.45, 7) is 2.16. The Morgan fingerprint density at radius 3 is 2.43 bits per heavy atom. The van der Waals surface area contributed by atoms with Gasteiger partial charge < -0.3 is 29.0 Å². The molecular weight excluding hydrogens is 504 g/mol. The highest BCUT2D eigenvalue weighted by atomic mass is 32.2. The normalized spacial score (nSPS) is 11.1. The van der Waals surface area contributed by atoms with Crippen molar-refractivity contribution in [2.75, 3.05) is 47.7 Å². The summed E-state index contributed by atoms with van der Waals surface area (Å²) in [6, 6.07) is 9.78. The summed E-state index contributed by atoms with van der Waals surface area (Å²) in [7, 11) is 0.291. The predicted molar refractivity (Wildman–Crippen MR) is 136 cm³/mol. The Morgan fingerprint density at radius 2 is 1.76 bits per heavy atom. The lowest BCUT2D eigenvalue weighted by molar-refractivity contribution is -0.116. The van der Waals surface area contributed by atoms with Gasteiger partial charge in [0.1, 0.15) is 28.8 Å². The number of methoxy groups -OCH3 is 3. The SMILES string of the molecule is CCOC(=O)NS(=O)(=O)c1cc(CCNC(=O)C=Cc2ccc(OC)cc2OC)ccc1OCCOC. The Labute approximate surface area is 216 Å². The molecule has 2 aromatic rings. The molecule has 0 aliphatic rings. The van der Waals surface area contributed by atoms with Gasteiger partial charge in [0.05, 0.1) is 27.4 Å². The van der Waals surface area contributed by atoms with Crippen LogP contribution in [0.1, 0.15) is 18.1 Å². The quantitative estimate of drug-likeness (QED) is 0.275. The van der Waals surface area contributed by atoms with Gasteiger partial charge in [-0.15, -0.1) is 0 Å². The second-order valence-corrected chi connectivity index (χ2v) is 9.08. The number of carbonyl (C=O) groups is 2. The van der Waals surface area contributed by atoms with E-state index in [9.17, 15) is 18.0 Å². The van der Waals surface area contributed by atoms with E-state index in [1.807, 2.05) is 4.72 Å². The predicted octanol–water partition coefficient (Wildman–Crippen LogP) is 2.54. The summed E-state index contributed by atoms with van der Waals surface area (Å²) in [5, 5.41) is 2.75. The molecule has 0 heterocycles. The average molecular weight is 537 g/mol. The Bertz CT molecular complexity index is 1200. The second-order valence-electron chi connectivity index (χ2n) is 7.43. The minimum absolute atomic E-state index is 0.0119. The van der Waals surface area contributed by atoms with E-state index in [1.54, 1.807) is 44.4 Å². The molecule has 2 aromatic carbocycles. The standard InChI is InChI=1S/C25H32N2O9S/c1-5-35-25(29)27-37(30,31)23-16-18(6-10-21(23)36-15-14-32-2)12-13-26-24(28)11-8-19-7-9-20(33-3)17-22(19)34-4/h6-11,16-17H,5,12-15H2,1-4H3,(H,26,28)(H,27,29). The molecule has 0 radical (unpaired) electrons. The number of nitrogens with one attached hydrogen (secondary N) is 2. The summed E-state index contributed by atoms with van der Waals surface area (Å²) in [5.41, 5.74) is 1.30. The van der Waals surface area contributed by atoms with E-state index in [4.69, 9.17) is 18.9 Å². The first kappa shape index (κ1) is 29.5. The third kappa shape index (κ3) is 9.32. The molecule has 2 rings (SSSR count). The first-order chi connectivity index (χ1) is 17.7. The first-order valence-electron chi connectivity index (χ1n) is 11.4. The summed E-state index contributed by atoms with van der Waals surface area (Å²) in [4.78, 5) is 23.8. The van der Waals surface area contributed by atoms with Crippen LogP contribution in [-0.2, 0) is 30.7 Å². The van der Waals surface area contributed by atoms with Crippen LogP contribution in [0.2, 0.25) is 0 Å². The molecule has 2 N–H and O–H groups in total. The summed E-state index contributed by atoms with van der Waals surface area (Å²) in [6.07, 6.45) is 2.22. The zero-order chi connectivity index (χ0) is 27.3. The highest BCUT2D eigenvalue weighted by Gasteiger charge is 2.23. The van der Waals surface area contributed by atoms with Crippen LogP contribution < -0.4 is 24.2 Å². The van der Waals surface area contributed by atoms with Gasteiger partial charge in [-0.2, -0.15) is 0 Å². The molecule has 37 heavy (non-hydrogen) atoms. The van der Waals surface area contributed by atoms with Crippen LogP contribution >= 0.6 is 0 Å². The van der Waals surface area contributed by atoms with Crippen molar-refractivity contribution in [3.63, 3.8) is 0 Å². The molecule has 202 valence electrons. The summed E-state index contributed by atoms with van der Waals surface area (Å²) < 4.78 is 53.1. The van der Waals surface area contributed by atoms with Gasteiger partial charge in [-0.3, -0.25) is 4.79 Å². The third-order valence-electron chi connectivity index (χ3n) is 4.90. The van der Waals surface area contributed by atoms with E-state index < -0.39 is 16.1 Å². The van der Waals surface area contributed by atoms with Crippen molar-refractivity contribution in [1.29, 1.82) is 0 Å². The molecule has 12 heteroatoms. The number of benzene rings is 2. The van der Waals surface area contributed by atoms with Gasteiger partial charge in [0.25, 0.3) is 10.0 Å². The van der Waals surface area contributed by atoms with Gasteiger partial charge in [0, 0.05) is 31.4 Å². The lowest BCUT2D eigenvalue weighted by Gasteiger charge is -2.14. The lowest BCUT2D eigenvalue weighted by Crippen LogP contribution is -2.31. The maximum atomic E-state index is 12.8. The topological polar surface area (TPSA) is 138 Å². The molecule has 11 nitrogen and oxygen atoms in total. The van der Waals surface area contributed by atoms with E-state index >= 15 is 0 Å². The van der Waals surface area contributed by atoms with Gasteiger partial charge in [0.2, 0.25) is 5.91 Å². The Kier molecular flexibility index (Phi) is 11.7. The second kappa shape index (κ2) is 14.7. The van der Waals surface area contributed by atoms with Crippen LogP contribution in [0.4, 0.5) is 4.79 Å². The van der Waals surface area contributed by atoms with Crippen LogP contribution in [-0.4, -0.2) is 68.1 Å². The van der Waals surface area contributed by atoms with Gasteiger partial charge >= 0.3 is 6.09 Å². The Balaban J connectivity index is 2.08. The van der Waals surface area contributed by atoms with Crippen LogP contribution in [0.15, 0.2) is 47.4 Å². The van der Waals surface area contributed by atoms with Gasteiger partial charge in [0.15, 0.2) is 0 Å². The van der Waals surface area contributed by atoms with Crippen molar-refractivity contribution >= 4 is 28.1 Å². The van der Waals surface area contributed by atoms with Crippen molar-refractivity contribution in [2.45, 2.75) is 18.2 Å². The first-order valence-corrected chi connectivity index (χ1v) is 12.8. The fourth-order valence-electron chi connectivity index (χ4n) is 3.11. The number of rotatable bonds is 14. The fourth-order valence-corrected chi connectivity index (χ4v) is 4.19. The molecule has 2 amide bonds. The van der Waals surface area contributed by atoms with E-state index in [2.05, 4.69) is 10.1 Å². The van der Waals surface area contributed by atoms with Gasteiger partial charge in [-0.05, 0) is 49.2 Å². The number of hydrogen-bond acceptors (Lipinski definition) is 9. The van der Waals surface area contributed by atoms with E-state index in [0.29, 0.717) is 29.0 Å². The molecule has 0 bridgehead atoms. The number of sulfonamides is 1. The molecule has 0 spiro atoms. The molecule has 0 saturated heterocycles. The van der Waals surface area contributed by atoms with Gasteiger partial charge in [-0.1, -0.05) is 6.07 Å². The number of hydrogen-bond donors (Lipinski definition) is 2. The van der Waals surface area contributed by atoms with Crippen molar-refractivity contribution in [3.05, 3.63) is 53.6 Å². The minimum atomic E-state index is -4.27. The zero-order valence-corrected chi connectivity index (χ0v) is 22.1. The molecular formula is C25H32N2O9S. The number of carbonyl (C=O) groups excluding carboxylic acids is 2. The van der Waals surface area contributed by atoms with Crippen LogP contribution in [0.3, 0.4) is 0 Å². The van der Waals surface area contributed by atoms with Crippen molar-refractivity contribution in [3.8, 4) is 17.2 Å². The largest absolute Gasteiger partial charge is 0.497 e. The Hall–Kier alpha value is -3.77. The number of amides is 2. The Morgan fingerprint density at radius 1 is 0.973 bits per heavy atom. The van der Waals surface area contributed by atoms with E-state index in [1.165, 1.54) is 32.4 Å². The maximum Gasteiger partial charge on any atom is 0.421 e. The van der Waals surface area contributed by atoms with Crippen molar-refractivity contribution < 1.29 is 41.7 Å². The minimum Gasteiger partial charge on any atom is -0.497 e. The van der Waals surface area contributed by atoms with Crippen molar-refractivity contribution in [1.82, 2.24) is 10.0 Å². The van der Waals surface area contributed by atoms with E-state index in [-0.39, 0.29) is 42.9 Å². The fraction of sp³-hybridized carbons (Fsp3) is 0.360.